The van der Waals surface area contributed by atoms with Crippen LogP contribution in [0.4, 0.5) is 11.5 Å². The standard InChI is InChI=1S/C22H27N5O4S2/c1-2-3-19-16-26(33(30,31)21-10-11-22(23)24-15-21)12-13-27(19)18-6-8-20(9-7-18)32(28,29)25-14-17-4-5-17/h6-11,15,17,19,25H,4-5,12-14,16H2,1H3,(H2,23,24)/t19-/m0/s1. The van der Waals surface area contributed by atoms with E-state index in [2.05, 4.69) is 21.5 Å². The summed E-state index contributed by atoms with van der Waals surface area (Å²) in [6.45, 7) is 3.02. The van der Waals surface area contributed by atoms with E-state index in [1.165, 1.54) is 22.6 Å². The van der Waals surface area contributed by atoms with E-state index in [1.54, 1.807) is 31.2 Å². The summed E-state index contributed by atoms with van der Waals surface area (Å²) in [5, 5.41) is 0. The molecule has 33 heavy (non-hydrogen) atoms. The topological polar surface area (TPSA) is 126 Å². The third-order valence-corrected chi connectivity index (χ3v) is 9.08. The van der Waals surface area contributed by atoms with Crippen LogP contribution in [0.15, 0.2) is 52.4 Å². The minimum absolute atomic E-state index is 0.0848. The summed E-state index contributed by atoms with van der Waals surface area (Å²) in [6.07, 6.45) is 3.39. The molecule has 2 heterocycles. The maximum atomic E-state index is 13.1. The molecular formula is C22H27N5O4S2. The van der Waals surface area contributed by atoms with Gasteiger partial charge in [-0.2, -0.15) is 4.31 Å². The summed E-state index contributed by atoms with van der Waals surface area (Å²) < 4.78 is 55.2. The summed E-state index contributed by atoms with van der Waals surface area (Å²) in [4.78, 5) is 6.18. The largest absolute Gasteiger partial charge is 0.384 e. The molecule has 1 aliphatic carbocycles. The first-order valence-electron chi connectivity index (χ1n) is 10.7. The molecule has 2 fully saturated rings. The molecule has 1 saturated heterocycles. The van der Waals surface area contributed by atoms with E-state index in [9.17, 15) is 16.8 Å². The zero-order valence-corrected chi connectivity index (χ0v) is 19.9. The number of aromatic nitrogens is 1. The molecule has 3 N–H and O–H groups in total. The fraction of sp³-hybridized carbons (Fsp3) is 0.409. The van der Waals surface area contributed by atoms with Gasteiger partial charge in [0.2, 0.25) is 20.0 Å². The van der Waals surface area contributed by atoms with Gasteiger partial charge in [0.05, 0.1) is 4.90 Å². The maximum absolute atomic E-state index is 13.1. The lowest BCUT2D eigenvalue weighted by Gasteiger charge is -2.39. The van der Waals surface area contributed by atoms with Crippen molar-refractivity contribution in [3.05, 3.63) is 42.6 Å². The van der Waals surface area contributed by atoms with Crippen LogP contribution in [0.5, 0.6) is 0 Å². The molecule has 1 saturated carbocycles. The predicted molar refractivity (Wildman–Crippen MR) is 126 cm³/mol. The molecule has 0 spiro atoms. The van der Waals surface area contributed by atoms with Gasteiger partial charge in [-0.1, -0.05) is 5.92 Å². The minimum Gasteiger partial charge on any atom is -0.384 e. The molecule has 0 unspecified atom stereocenters. The van der Waals surface area contributed by atoms with Crippen molar-refractivity contribution in [2.24, 2.45) is 5.92 Å². The molecule has 1 aromatic heterocycles. The number of pyridine rings is 1. The first kappa shape index (κ1) is 23.5. The quantitative estimate of drug-likeness (QED) is 0.561. The van der Waals surface area contributed by atoms with Gasteiger partial charge in [0.15, 0.2) is 0 Å². The van der Waals surface area contributed by atoms with E-state index in [-0.39, 0.29) is 34.7 Å². The lowest BCUT2D eigenvalue weighted by molar-refractivity contribution is 0.360. The number of nitrogens with one attached hydrogen (secondary N) is 1. The number of hydrogen-bond acceptors (Lipinski definition) is 7. The fourth-order valence-electron chi connectivity index (χ4n) is 3.72. The normalized spacial score (nSPS) is 19.7. The highest BCUT2D eigenvalue weighted by atomic mass is 32.2. The van der Waals surface area contributed by atoms with Gasteiger partial charge in [-0.05, 0) is 62.1 Å². The molecule has 176 valence electrons. The Hall–Kier alpha value is -2.65. The Labute approximate surface area is 195 Å². The Morgan fingerprint density at radius 3 is 2.36 bits per heavy atom. The number of piperazine rings is 1. The highest BCUT2D eigenvalue weighted by molar-refractivity contribution is 7.89. The van der Waals surface area contributed by atoms with Crippen LogP contribution < -0.4 is 15.4 Å². The number of rotatable bonds is 7. The zero-order valence-electron chi connectivity index (χ0n) is 18.3. The molecule has 2 aromatic rings. The molecule has 1 aromatic carbocycles. The Morgan fingerprint density at radius 2 is 1.76 bits per heavy atom. The van der Waals surface area contributed by atoms with Crippen molar-refractivity contribution in [3.63, 3.8) is 0 Å². The molecule has 1 aliphatic heterocycles. The zero-order chi connectivity index (χ0) is 23.6. The lowest BCUT2D eigenvalue weighted by Crippen LogP contribution is -2.54. The molecule has 2 aliphatic rings. The van der Waals surface area contributed by atoms with Crippen molar-refractivity contribution in [1.29, 1.82) is 0 Å². The summed E-state index contributed by atoms with van der Waals surface area (Å²) in [7, 11) is -7.28. The Balaban J connectivity index is 1.50. The van der Waals surface area contributed by atoms with Gasteiger partial charge in [-0.15, -0.1) is 5.92 Å². The number of sulfonamides is 2. The van der Waals surface area contributed by atoms with Gasteiger partial charge in [-0.25, -0.2) is 26.5 Å². The Kier molecular flexibility index (Phi) is 6.63. The van der Waals surface area contributed by atoms with Crippen molar-refractivity contribution >= 4 is 31.6 Å². The first-order chi connectivity index (χ1) is 15.7. The number of anilines is 2. The number of nitrogens with two attached hydrogens (primary N) is 1. The van der Waals surface area contributed by atoms with Crippen LogP contribution in [0.2, 0.25) is 0 Å². The van der Waals surface area contributed by atoms with Crippen LogP contribution in [0.1, 0.15) is 19.8 Å². The summed E-state index contributed by atoms with van der Waals surface area (Å²) in [5.74, 6) is 6.66. The first-order valence-corrected chi connectivity index (χ1v) is 13.6. The predicted octanol–water partition coefficient (Wildman–Crippen LogP) is 1.25. The second-order valence-corrected chi connectivity index (χ2v) is 11.9. The number of benzene rings is 1. The SMILES string of the molecule is CC#C[C@H]1CN(S(=O)(=O)c2ccc(N)nc2)CCN1c1ccc(S(=O)(=O)NCC2CC2)cc1. The highest BCUT2D eigenvalue weighted by Crippen LogP contribution is 2.29. The van der Waals surface area contributed by atoms with E-state index in [0.29, 0.717) is 19.0 Å². The molecule has 1 atom stereocenters. The van der Waals surface area contributed by atoms with Gasteiger partial charge in [-0.3, -0.25) is 0 Å². The molecular weight excluding hydrogens is 462 g/mol. The number of hydrogen-bond donors (Lipinski definition) is 2. The average Bonchev–Trinajstić information content (AvgIpc) is 3.63. The summed E-state index contributed by atoms with van der Waals surface area (Å²) in [6, 6.07) is 9.15. The second-order valence-electron chi connectivity index (χ2n) is 8.17. The third-order valence-electron chi connectivity index (χ3n) is 5.79. The van der Waals surface area contributed by atoms with Gasteiger partial charge >= 0.3 is 0 Å². The third kappa shape index (κ3) is 5.30. The molecule has 9 nitrogen and oxygen atoms in total. The van der Waals surface area contributed by atoms with Crippen LogP contribution in [0.3, 0.4) is 0 Å². The van der Waals surface area contributed by atoms with Crippen LogP contribution in [-0.4, -0.2) is 58.3 Å². The average molecular weight is 490 g/mol. The molecule has 0 radical (unpaired) electrons. The van der Waals surface area contributed by atoms with Gasteiger partial charge in [0.1, 0.15) is 16.8 Å². The number of nitrogens with zero attached hydrogens (tertiary/aromatic N) is 3. The molecule has 4 rings (SSSR count). The van der Waals surface area contributed by atoms with Crippen LogP contribution >= 0.6 is 0 Å². The maximum Gasteiger partial charge on any atom is 0.244 e. The van der Waals surface area contributed by atoms with Crippen molar-refractivity contribution < 1.29 is 16.8 Å². The van der Waals surface area contributed by atoms with Crippen LogP contribution in [0.25, 0.3) is 0 Å². The van der Waals surface area contributed by atoms with E-state index < -0.39 is 20.0 Å². The van der Waals surface area contributed by atoms with Crippen molar-refractivity contribution in [1.82, 2.24) is 14.0 Å². The fourth-order valence-corrected chi connectivity index (χ4v) is 6.22. The highest BCUT2D eigenvalue weighted by Gasteiger charge is 2.34. The van der Waals surface area contributed by atoms with E-state index in [1.807, 2.05) is 4.90 Å². The Morgan fingerprint density at radius 1 is 1.06 bits per heavy atom. The molecule has 0 bridgehead atoms. The second kappa shape index (κ2) is 9.30. The van der Waals surface area contributed by atoms with Gasteiger partial charge in [0.25, 0.3) is 0 Å². The van der Waals surface area contributed by atoms with Crippen molar-refractivity contribution in [2.75, 3.05) is 36.8 Å². The molecule has 11 heteroatoms. The van der Waals surface area contributed by atoms with E-state index >= 15 is 0 Å². The minimum atomic E-state index is -3.74. The smallest absolute Gasteiger partial charge is 0.244 e. The van der Waals surface area contributed by atoms with Gasteiger partial charge in [0, 0.05) is 38.1 Å². The molecule has 0 amide bonds. The Bertz CT molecular complexity index is 1260. The van der Waals surface area contributed by atoms with Crippen LogP contribution in [0, 0.1) is 17.8 Å². The van der Waals surface area contributed by atoms with Gasteiger partial charge < -0.3 is 10.6 Å². The van der Waals surface area contributed by atoms with Crippen LogP contribution in [-0.2, 0) is 20.0 Å². The lowest BCUT2D eigenvalue weighted by atomic mass is 10.1. The summed E-state index contributed by atoms with van der Waals surface area (Å²) in [5.41, 5.74) is 6.36. The van der Waals surface area contributed by atoms with Crippen molar-refractivity contribution in [3.8, 4) is 11.8 Å². The van der Waals surface area contributed by atoms with E-state index in [0.717, 1.165) is 18.5 Å². The van der Waals surface area contributed by atoms with E-state index in [4.69, 9.17) is 5.73 Å². The number of nitrogen functional groups attached to an aromatic ring is 1. The summed E-state index contributed by atoms with van der Waals surface area (Å²) >= 11 is 0. The van der Waals surface area contributed by atoms with Crippen molar-refractivity contribution in [2.45, 2.75) is 35.6 Å². The monoisotopic (exact) mass is 489 g/mol.